The molecule has 4 nitrogen and oxygen atoms in total. The van der Waals surface area contributed by atoms with Gasteiger partial charge in [-0.25, -0.2) is 9.59 Å². The number of hydrogen-bond acceptors (Lipinski definition) is 3. The maximum atomic E-state index is 10.6. The van der Waals surface area contributed by atoms with Crippen LogP contribution in [0.1, 0.15) is 6.42 Å². The Balaban J connectivity index is 2.54. The molecule has 1 aliphatic rings. The van der Waals surface area contributed by atoms with E-state index in [0.29, 0.717) is 6.42 Å². The van der Waals surface area contributed by atoms with E-state index in [-0.39, 0.29) is 0 Å². The number of ether oxygens (including phenoxy) is 1. The van der Waals surface area contributed by atoms with Gasteiger partial charge in [-0.3, -0.25) is 0 Å². The normalized spacial score (nSPS) is 23.8. The zero-order chi connectivity index (χ0) is 7.56. The second-order valence-corrected chi connectivity index (χ2v) is 1.93. The molecule has 1 atom stereocenters. The van der Waals surface area contributed by atoms with Crippen LogP contribution in [0, 0.1) is 0 Å². The average Bonchev–Trinajstić information content (AvgIpc) is 2.13. The lowest BCUT2D eigenvalue weighted by molar-refractivity contribution is -0.135. The summed E-state index contributed by atoms with van der Waals surface area (Å²) >= 11 is 0. The largest absolute Gasteiger partial charge is 0.415 e. The van der Waals surface area contributed by atoms with Gasteiger partial charge in [0.1, 0.15) is 6.04 Å². The molecule has 1 amide bonds. The fraction of sp³-hybridized carbons (Fsp3) is 0.333. The van der Waals surface area contributed by atoms with E-state index in [1.54, 1.807) is 6.08 Å². The van der Waals surface area contributed by atoms with E-state index in [1.165, 1.54) is 0 Å². The lowest BCUT2D eigenvalue weighted by atomic mass is 10.2. The van der Waals surface area contributed by atoms with E-state index in [2.05, 4.69) is 16.6 Å². The predicted octanol–water partition coefficient (Wildman–Crippen LogP) is 0.197. The second kappa shape index (κ2) is 2.51. The van der Waals surface area contributed by atoms with E-state index in [4.69, 9.17) is 0 Å². The Hall–Kier alpha value is -1.32. The molecule has 1 heterocycles. The van der Waals surface area contributed by atoms with Gasteiger partial charge in [0.2, 0.25) is 0 Å². The number of cyclic esters (lactones) is 2. The minimum Gasteiger partial charge on any atom is -0.375 e. The molecule has 1 rings (SSSR count). The van der Waals surface area contributed by atoms with Crippen molar-refractivity contribution in [3.05, 3.63) is 12.7 Å². The van der Waals surface area contributed by atoms with Gasteiger partial charge in [0.15, 0.2) is 0 Å². The lowest BCUT2D eigenvalue weighted by Gasteiger charge is -1.97. The second-order valence-electron chi connectivity index (χ2n) is 1.93. The van der Waals surface area contributed by atoms with Gasteiger partial charge in [-0.15, -0.1) is 6.58 Å². The van der Waals surface area contributed by atoms with Crippen LogP contribution in [0.4, 0.5) is 4.79 Å². The molecule has 10 heavy (non-hydrogen) atoms. The molecule has 1 saturated heterocycles. The summed E-state index contributed by atoms with van der Waals surface area (Å²) in [7, 11) is 0. The van der Waals surface area contributed by atoms with Crippen molar-refractivity contribution in [3.63, 3.8) is 0 Å². The minimum atomic E-state index is -0.670. The highest BCUT2D eigenvalue weighted by Crippen LogP contribution is 2.03. The van der Waals surface area contributed by atoms with Crippen molar-refractivity contribution in [3.8, 4) is 0 Å². The smallest absolute Gasteiger partial charge is 0.375 e. The maximum Gasteiger partial charge on any atom is 0.415 e. The Bertz CT molecular complexity index is 187. The number of amides is 1. The highest BCUT2D eigenvalue weighted by molar-refractivity contribution is 5.95. The third kappa shape index (κ3) is 1.15. The number of carbonyl (C=O) groups is 2. The molecule has 0 aromatic rings. The highest BCUT2D eigenvalue weighted by Gasteiger charge is 2.30. The number of carbonyl (C=O) groups excluding carboxylic acids is 2. The Labute approximate surface area is 57.9 Å². The quantitative estimate of drug-likeness (QED) is 0.339. The first-order chi connectivity index (χ1) is 4.74. The van der Waals surface area contributed by atoms with Crippen molar-refractivity contribution in [2.24, 2.45) is 0 Å². The van der Waals surface area contributed by atoms with Gasteiger partial charge in [-0.05, 0) is 6.42 Å². The van der Waals surface area contributed by atoms with Crippen LogP contribution < -0.4 is 5.32 Å². The van der Waals surface area contributed by atoms with Gasteiger partial charge >= 0.3 is 12.1 Å². The summed E-state index contributed by atoms with van der Waals surface area (Å²) in [6.07, 6.45) is 1.30. The number of esters is 1. The topological polar surface area (TPSA) is 55.4 Å². The van der Waals surface area contributed by atoms with Crippen LogP contribution in [-0.2, 0) is 9.53 Å². The predicted molar refractivity (Wildman–Crippen MR) is 33.2 cm³/mol. The maximum absolute atomic E-state index is 10.6. The van der Waals surface area contributed by atoms with E-state index in [1.807, 2.05) is 0 Å². The summed E-state index contributed by atoms with van der Waals surface area (Å²) in [5.41, 5.74) is 0. The molecule has 54 valence electrons. The molecule has 1 aliphatic heterocycles. The van der Waals surface area contributed by atoms with Crippen LogP contribution in [0.2, 0.25) is 0 Å². The zero-order valence-corrected chi connectivity index (χ0v) is 5.29. The highest BCUT2D eigenvalue weighted by atomic mass is 16.6. The third-order valence-corrected chi connectivity index (χ3v) is 1.17. The molecule has 0 radical (unpaired) electrons. The summed E-state index contributed by atoms with van der Waals surface area (Å²) in [5, 5.41) is 2.32. The standard InChI is InChI=1S/C6H7NO3/c1-2-3-4-5(8)10-6(9)7-4/h2,4H,1,3H2,(H,7,9). The van der Waals surface area contributed by atoms with Crippen LogP contribution >= 0.6 is 0 Å². The summed E-state index contributed by atoms with van der Waals surface area (Å²) in [6, 6.07) is -0.523. The van der Waals surface area contributed by atoms with Crippen LogP contribution in [0.5, 0.6) is 0 Å². The average molecular weight is 141 g/mol. The van der Waals surface area contributed by atoms with Gasteiger partial charge < -0.3 is 10.1 Å². The van der Waals surface area contributed by atoms with E-state index in [0.717, 1.165) is 0 Å². The molecular weight excluding hydrogens is 134 g/mol. The van der Waals surface area contributed by atoms with Crippen LogP contribution in [-0.4, -0.2) is 18.1 Å². The SMILES string of the molecule is C=CCC1NC(=O)OC1=O. The molecule has 1 unspecified atom stereocenters. The van der Waals surface area contributed by atoms with E-state index >= 15 is 0 Å². The van der Waals surface area contributed by atoms with Crippen molar-refractivity contribution >= 4 is 12.1 Å². The summed E-state index contributed by atoms with van der Waals surface area (Å²) in [6.45, 7) is 3.42. The summed E-state index contributed by atoms with van der Waals surface area (Å²) in [4.78, 5) is 21.0. The molecule has 4 heteroatoms. The van der Waals surface area contributed by atoms with Crippen molar-refractivity contribution in [2.75, 3.05) is 0 Å². The first kappa shape index (κ1) is 6.80. The van der Waals surface area contributed by atoms with Gasteiger partial charge in [0, 0.05) is 0 Å². The number of nitrogens with one attached hydrogen (secondary N) is 1. The molecule has 0 spiro atoms. The first-order valence-corrected chi connectivity index (χ1v) is 2.87. The van der Waals surface area contributed by atoms with Crippen molar-refractivity contribution < 1.29 is 14.3 Å². The Kier molecular flexibility index (Phi) is 1.71. The first-order valence-electron chi connectivity index (χ1n) is 2.87. The molecule has 1 fully saturated rings. The van der Waals surface area contributed by atoms with Crippen molar-refractivity contribution in [2.45, 2.75) is 12.5 Å². The van der Waals surface area contributed by atoms with Crippen LogP contribution in [0.25, 0.3) is 0 Å². The molecular formula is C6H7NO3. The third-order valence-electron chi connectivity index (χ3n) is 1.17. The van der Waals surface area contributed by atoms with Crippen molar-refractivity contribution in [1.82, 2.24) is 5.32 Å². The minimum absolute atomic E-state index is 0.421. The molecule has 0 bridgehead atoms. The summed E-state index contributed by atoms with van der Waals surface area (Å²) < 4.78 is 4.19. The molecule has 1 N–H and O–H groups in total. The number of hydrogen-bond donors (Lipinski definition) is 1. The monoisotopic (exact) mass is 141 g/mol. The van der Waals surface area contributed by atoms with Crippen molar-refractivity contribution in [1.29, 1.82) is 0 Å². The van der Waals surface area contributed by atoms with Gasteiger partial charge in [0.25, 0.3) is 0 Å². The fourth-order valence-electron chi connectivity index (χ4n) is 0.715. The zero-order valence-electron chi connectivity index (χ0n) is 5.29. The van der Waals surface area contributed by atoms with Gasteiger partial charge in [-0.1, -0.05) is 6.08 Å². The molecule has 0 aliphatic carbocycles. The number of rotatable bonds is 2. The molecule has 0 saturated carbocycles. The molecule has 0 aromatic heterocycles. The Morgan fingerprint density at radius 2 is 2.40 bits per heavy atom. The Morgan fingerprint density at radius 3 is 2.80 bits per heavy atom. The van der Waals surface area contributed by atoms with E-state index < -0.39 is 18.1 Å². The van der Waals surface area contributed by atoms with Gasteiger partial charge in [0.05, 0.1) is 0 Å². The van der Waals surface area contributed by atoms with Gasteiger partial charge in [-0.2, -0.15) is 0 Å². The lowest BCUT2D eigenvalue weighted by Crippen LogP contribution is -2.27. The molecule has 0 aromatic carbocycles. The van der Waals surface area contributed by atoms with Crippen LogP contribution in [0.15, 0.2) is 12.7 Å². The van der Waals surface area contributed by atoms with Crippen LogP contribution in [0.3, 0.4) is 0 Å². The fourth-order valence-corrected chi connectivity index (χ4v) is 0.715. The summed E-state index contributed by atoms with van der Waals surface area (Å²) in [5.74, 6) is -0.523. The van der Waals surface area contributed by atoms with E-state index in [9.17, 15) is 9.59 Å². The Morgan fingerprint density at radius 1 is 1.70 bits per heavy atom. The number of alkyl carbamates (subject to hydrolysis) is 1.